The number of carbonyl (C=O) groups excluding carboxylic acids is 2. The van der Waals surface area contributed by atoms with Gasteiger partial charge in [-0.25, -0.2) is 0 Å². The van der Waals surface area contributed by atoms with Crippen LogP contribution in [-0.2, 0) is 14.3 Å². The molecule has 0 radical (unpaired) electrons. The van der Waals surface area contributed by atoms with Crippen LogP contribution in [0.15, 0.2) is 11.6 Å². The van der Waals surface area contributed by atoms with Gasteiger partial charge >= 0.3 is 5.97 Å². The van der Waals surface area contributed by atoms with E-state index >= 15 is 0 Å². The molecule has 0 saturated heterocycles. The van der Waals surface area contributed by atoms with Gasteiger partial charge in [0, 0.05) is 11.8 Å². The van der Waals surface area contributed by atoms with E-state index in [4.69, 9.17) is 0 Å². The molecule has 0 aromatic heterocycles. The maximum Gasteiger partial charge on any atom is 0.306 e. The van der Waals surface area contributed by atoms with Gasteiger partial charge < -0.3 is 10.1 Å². The molecule has 1 aliphatic rings. The minimum atomic E-state index is -0.227. The molecule has 1 unspecified atom stereocenters. The summed E-state index contributed by atoms with van der Waals surface area (Å²) in [6.45, 7) is 2.65. The number of ether oxygens (including phenoxy) is 1. The molecular weight excluding hydrogens is 274 g/mol. The Morgan fingerprint density at radius 1 is 1.45 bits per heavy atom. The predicted octanol–water partition coefficient (Wildman–Crippen LogP) is 2.68. The monoisotopic (exact) mass is 299 g/mol. The lowest BCUT2D eigenvalue weighted by Gasteiger charge is -2.13. The second-order valence-corrected chi connectivity index (χ2v) is 6.54. The fraction of sp³-hybridized carbons (Fsp3) is 0.733. The van der Waals surface area contributed by atoms with Gasteiger partial charge in [-0.05, 0) is 32.1 Å². The summed E-state index contributed by atoms with van der Waals surface area (Å²) in [5, 5.41) is 3.04. The first-order valence-electron chi connectivity index (χ1n) is 7.25. The highest BCUT2D eigenvalue weighted by atomic mass is 32.2. The third-order valence-electron chi connectivity index (χ3n) is 3.33. The van der Waals surface area contributed by atoms with Gasteiger partial charge in [0.1, 0.15) is 0 Å². The zero-order valence-corrected chi connectivity index (χ0v) is 13.3. The smallest absolute Gasteiger partial charge is 0.306 e. The number of methoxy groups -OCH3 is 1. The first kappa shape index (κ1) is 17.1. The lowest BCUT2D eigenvalue weighted by molar-refractivity contribution is -0.140. The van der Waals surface area contributed by atoms with E-state index in [0.717, 1.165) is 13.0 Å². The molecule has 114 valence electrons. The summed E-state index contributed by atoms with van der Waals surface area (Å²) in [5.41, 5.74) is 1.48. The molecule has 0 aromatic rings. The highest BCUT2D eigenvalue weighted by Gasteiger charge is 2.12. The Labute approximate surface area is 125 Å². The Bertz CT molecular complexity index is 355. The van der Waals surface area contributed by atoms with Gasteiger partial charge in [0.15, 0.2) is 0 Å². The van der Waals surface area contributed by atoms with Crippen LogP contribution in [-0.4, -0.2) is 36.5 Å². The number of rotatable bonds is 8. The molecule has 1 N–H and O–H groups in total. The highest BCUT2D eigenvalue weighted by Crippen LogP contribution is 2.19. The Kier molecular flexibility index (Phi) is 8.42. The second-order valence-electron chi connectivity index (χ2n) is 5.11. The van der Waals surface area contributed by atoms with Crippen molar-refractivity contribution in [3.8, 4) is 0 Å². The van der Waals surface area contributed by atoms with Crippen molar-refractivity contribution in [3.63, 3.8) is 0 Å². The minimum Gasteiger partial charge on any atom is -0.469 e. The molecule has 1 atom stereocenters. The van der Waals surface area contributed by atoms with Crippen LogP contribution in [0.1, 0.15) is 45.4 Å². The third-order valence-corrected chi connectivity index (χ3v) is 4.50. The fourth-order valence-corrected chi connectivity index (χ4v) is 2.93. The van der Waals surface area contributed by atoms with E-state index in [2.05, 4.69) is 16.1 Å². The van der Waals surface area contributed by atoms with E-state index in [1.165, 1.54) is 50.1 Å². The lowest BCUT2D eigenvalue weighted by Crippen LogP contribution is -2.27. The van der Waals surface area contributed by atoms with Crippen molar-refractivity contribution in [2.75, 3.05) is 19.4 Å². The molecule has 0 saturated carbocycles. The van der Waals surface area contributed by atoms with E-state index in [0.29, 0.717) is 12.2 Å². The standard InChI is InChI=1S/C15H25NO3S/c1-12(10-15(18)19-2)20-11-14(17)16-9-8-13-6-4-3-5-7-13/h6,12H,3-5,7-11H2,1-2H3,(H,16,17). The number of esters is 1. The SMILES string of the molecule is COC(=O)CC(C)SCC(=O)NCCC1=CCCCC1. The van der Waals surface area contributed by atoms with Crippen LogP contribution in [0.25, 0.3) is 0 Å². The predicted molar refractivity (Wildman–Crippen MR) is 82.7 cm³/mol. The second kappa shape index (κ2) is 9.86. The van der Waals surface area contributed by atoms with Crippen LogP contribution in [0.2, 0.25) is 0 Å². The van der Waals surface area contributed by atoms with Crippen molar-refractivity contribution in [3.05, 3.63) is 11.6 Å². The average molecular weight is 299 g/mol. The Morgan fingerprint density at radius 2 is 2.25 bits per heavy atom. The Morgan fingerprint density at radius 3 is 2.90 bits per heavy atom. The molecule has 0 heterocycles. The Hall–Kier alpha value is -0.970. The Balaban J connectivity index is 2.08. The van der Waals surface area contributed by atoms with Crippen LogP contribution in [0.5, 0.6) is 0 Å². The van der Waals surface area contributed by atoms with E-state index < -0.39 is 0 Å². The van der Waals surface area contributed by atoms with Gasteiger partial charge in [-0.15, -0.1) is 11.8 Å². The summed E-state index contributed by atoms with van der Waals surface area (Å²) in [5.74, 6) is 0.217. The summed E-state index contributed by atoms with van der Waals surface area (Å²) >= 11 is 1.49. The van der Waals surface area contributed by atoms with Gasteiger partial charge in [0.2, 0.25) is 5.91 Å². The molecule has 4 nitrogen and oxygen atoms in total. The van der Waals surface area contributed by atoms with Gasteiger partial charge in [-0.2, -0.15) is 0 Å². The number of allylic oxidation sites excluding steroid dienone is 1. The van der Waals surface area contributed by atoms with Gasteiger partial charge in [0.25, 0.3) is 0 Å². The van der Waals surface area contributed by atoms with Crippen molar-refractivity contribution in [1.29, 1.82) is 0 Å². The fourth-order valence-electron chi connectivity index (χ4n) is 2.14. The van der Waals surface area contributed by atoms with E-state index in [1.54, 1.807) is 0 Å². The van der Waals surface area contributed by atoms with E-state index in [1.807, 2.05) is 6.92 Å². The van der Waals surface area contributed by atoms with Crippen molar-refractivity contribution in [2.24, 2.45) is 0 Å². The zero-order valence-electron chi connectivity index (χ0n) is 12.4. The minimum absolute atomic E-state index is 0.0446. The molecule has 0 aromatic carbocycles. The highest BCUT2D eigenvalue weighted by molar-refractivity contribution is 8.00. The number of hydrogen-bond donors (Lipinski definition) is 1. The third kappa shape index (κ3) is 7.58. The molecule has 1 aliphatic carbocycles. The quantitative estimate of drug-likeness (QED) is 0.553. The number of hydrogen-bond acceptors (Lipinski definition) is 4. The van der Waals surface area contributed by atoms with Gasteiger partial charge in [-0.3, -0.25) is 9.59 Å². The molecule has 1 rings (SSSR count). The van der Waals surface area contributed by atoms with Crippen LogP contribution in [0.3, 0.4) is 0 Å². The molecule has 0 aliphatic heterocycles. The number of carbonyl (C=O) groups is 2. The molecule has 20 heavy (non-hydrogen) atoms. The molecule has 1 amide bonds. The molecule has 5 heteroatoms. The van der Waals surface area contributed by atoms with Crippen molar-refractivity contribution < 1.29 is 14.3 Å². The van der Waals surface area contributed by atoms with Crippen LogP contribution in [0, 0.1) is 0 Å². The summed E-state index contributed by atoms with van der Waals surface area (Å²) in [4.78, 5) is 22.7. The number of thioether (sulfide) groups is 1. The van der Waals surface area contributed by atoms with E-state index in [-0.39, 0.29) is 17.1 Å². The topological polar surface area (TPSA) is 55.4 Å². The molecule has 0 fully saturated rings. The number of amides is 1. The molecule has 0 bridgehead atoms. The van der Waals surface area contributed by atoms with E-state index in [9.17, 15) is 9.59 Å². The summed E-state index contributed by atoms with van der Waals surface area (Å²) in [6, 6.07) is 0. The van der Waals surface area contributed by atoms with Crippen LogP contribution >= 0.6 is 11.8 Å². The normalized spacial score (nSPS) is 16.2. The zero-order chi connectivity index (χ0) is 14.8. The van der Waals surface area contributed by atoms with Gasteiger partial charge in [-0.1, -0.05) is 18.6 Å². The number of nitrogens with one attached hydrogen (secondary N) is 1. The summed E-state index contributed by atoms with van der Waals surface area (Å²) < 4.78 is 4.60. The molecular formula is C15H25NO3S. The largest absolute Gasteiger partial charge is 0.469 e. The average Bonchev–Trinajstić information content (AvgIpc) is 2.46. The van der Waals surface area contributed by atoms with Crippen molar-refractivity contribution in [2.45, 2.75) is 50.7 Å². The van der Waals surface area contributed by atoms with Crippen LogP contribution < -0.4 is 5.32 Å². The maximum atomic E-state index is 11.7. The lowest BCUT2D eigenvalue weighted by atomic mass is 9.97. The first-order chi connectivity index (χ1) is 9.61. The summed E-state index contributed by atoms with van der Waals surface area (Å²) in [6.07, 6.45) is 8.56. The van der Waals surface area contributed by atoms with Gasteiger partial charge in [0.05, 0.1) is 19.3 Å². The molecule has 0 spiro atoms. The summed E-state index contributed by atoms with van der Waals surface area (Å²) in [7, 11) is 1.38. The van der Waals surface area contributed by atoms with Crippen molar-refractivity contribution in [1.82, 2.24) is 5.32 Å². The van der Waals surface area contributed by atoms with Crippen molar-refractivity contribution >= 4 is 23.6 Å². The first-order valence-corrected chi connectivity index (χ1v) is 8.29. The maximum absolute atomic E-state index is 11.7. The van der Waals surface area contributed by atoms with Crippen LogP contribution in [0.4, 0.5) is 0 Å².